The van der Waals surface area contributed by atoms with Gasteiger partial charge in [0.05, 0.1) is 11.3 Å². The fraction of sp³-hybridized carbons (Fsp3) is 0.105. The molecule has 0 radical (unpaired) electrons. The topological polar surface area (TPSA) is 99.1 Å². The van der Waals surface area contributed by atoms with Crippen LogP contribution in [-0.2, 0) is 0 Å². The van der Waals surface area contributed by atoms with Crippen molar-refractivity contribution in [3.05, 3.63) is 53.1 Å². The van der Waals surface area contributed by atoms with Crippen LogP contribution in [0.15, 0.2) is 42.5 Å². The van der Waals surface area contributed by atoms with Gasteiger partial charge in [-0.25, -0.2) is 9.97 Å². The molecule has 3 N–H and O–H groups in total. The highest BCUT2D eigenvalue weighted by Gasteiger charge is 2.17. The van der Waals surface area contributed by atoms with E-state index >= 15 is 0 Å². The summed E-state index contributed by atoms with van der Waals surface area (Å²) in [5, 5.41) is 20.0. The van der Waals surface area contributed by atoms with E-state index in [9.17, 15) is 10.4 Å². The van der Waals surface area contributed by atoms with Crippen LogP contribution in [-0.4, -0.2) is 29.2 Å². The lowest BCUT2D eigenvalue weighted by atomic mass is 10.1. The Bertz CT molecular complexity index is 1010. The Kier molecular flexibility index (Phi) is 4.65. The van der Waals surface area contributed by atoms with Crippen molar-refractivity contribution >= 4 is 23.1 Å². The standard InChI is InChI=1S/C19H16ClN5O/c1-25(2)13-6-3-11(4-7-13)17-15(10-21)18(22)24-19(23-17)14-9-12(20)5-8-16(14)26/h3-9,26H,1-2H3,(H2,22,23,24). The predicted molar refractivity (Wildman–Crippen MR) is 103 cm³/mol. The lowest BCUT2D eigenvalue weighted by molar-refractivity contribution is 0.477. The number of anilines is 2. The molecule has 3 aromatic rings. The van der Waals surface area contributed by atoms with Crippen LogP contribution in [0.25, 0.3) is 22.6 Å². The van der Waals surface area contributed by atoms with Gasteiger partial charge in [-0.3, -0.25) is 0 Å². The van der Waals surface area contributed by atoms with Gasteiger partial charge in [0.15, 0.2) is 5.82 Å². The number of phenolic OH excluding ortho intramolecular Hbond substituents is 1. The first kappa shape index (κ1) is 17.5. The molecule has 0 aliphatic rings. The minimum atomic E-state index is -0.0209. The quantitative estimate of drug-likeness (QED) is 0.734. The van der Waals surface area contributed by atoms with Crippen molar-refractivity contribution < 1.29 is 5.11 Å². The van der Waals surface area contributed by atoms with Crippen LogP contribution in [0.3, 0.4) is 0 Å². The van der Waals surface area contributed by atoms with Gasteiger partial charge in [-0.1, -0.05) is 23.7 Å². The number of nitrogen functional groups attached to an aromatic ring is 1. The van der Waals surface area contributed by atoms with Gasteiger partial charge < -0.3 is 15.7 Å². The Balaban J connectivity index is 2.20. The lowest BCUT2D eigenvalue weighted by Gasteiger charge is -2.14. The average Bonchev–Trinajstić information content (AvgIpc) is 2.63. The molecule has 0 atom stereocenters. The van der Waals surface area contributed by atoms with Gasteiger partial charge in [-0.2, -0.15) is 5.26 Å². The molecule has 7 heteroatoms. The summed E-state index contributed by atoms with van der Waals surface area (Å²) < 4.78 is 0. The second-order valence-electron chi connectivity index (χ2n) is 5.87. The molecule has 3 rings (SSSR count). The van der Waals surface area contributed by atoms with E-state index in [-0.39, 0.29) is 23.0 Å². The molecule has 0 bridgehead atoms. The van der Waals surface area contributed by atoms with Crippen LogP contribution in [0.1, 0.15) is 5.56 Å². The number of hydrogen-bond acceptors (Lipinski definition) is 6. The van der Waals surface area contributed by atoms with Crippen molar-refractivity contribution in [2.24, 2.45) is 0 Å². The summed E-state index contributed by atoms with van der Waals surface area (Å²) >= 11 is 6.01. The number of nitrogens with two attached hydrogens (primary N) is 1. The third-order valence-corrected chi connectivity index (χ3v) is 4.14. The van der Waals surface area contributed by atoms with Crippen molar-refractivity contribution in [3.8, 4) is 34.5 Å². The van der Waals surface area contributed by atoms with Crippen LogP contribution in [0.5, 0.6) is 5.75 Å². The molecule has 0 saturated heterocycles. The minimum Gasteiger partial charge on any atom is -0.507 e. The monoisotopic (exact) mass is 365 g/mol. The summed E-state index contributed by atoms with van der Waals surface area (Å²) in [5.74, 6) is 0.226. The van der Waals surface area contributed by atoms with Gasteiger partial charge in [0.25, 0.3) is 0 Å². The molecule has 0 aliphatic carbocycles. The minimum absolute atomic E-state index is 0.0209. The Morgan fingerprint density at radius 1 is 1.12 bits per heavy atom. The normalized spacial score (nSPS) is 10.4. The molecule has 0 amide bonds. The van der Waals surface area contributed by atoms with Gasteiger partial charge in [0, 0.05) is 30.4 Å². The van der Waals surface area contributed by atoms with E-state index in [1.54, 1.807) is 12.1 Å². The highest BCUT2D eigenvalue weighted by molar-refractivity contribution is 6.30. The second-order valence-corrected chi connectivity index (χ2v) is 6.31. The fourth-order valence-corrected chi connectivity index (χ4v) is 2.69. The zero-order valence-electron chi connectivity index (χ0n) is 14.2. The molecule has 6 nitrogen and oxygen atoms in total. The van der Waals surface area contributed by atoms with Gasteiger partial charge in [-0.05, 0) is 30.3 Å². The van der Waals surface area contributed by atoms with Gasteiger partial charge in [0.1, 0.15) is 23.2 Å². The summed E-state index contributed by atoms with van der Waals surface area (Å²) in [7, 11) is 3.89. The van der Waals surface area contributed by atoms with Crippen molar-refractivity contribution in [2.75, 3.05) is 24.7 Å². The molecule has 1 aromatic heterocycles. The maximum Gasteiger partial charge on any atom is 0.166 e. The highest BCUT2D eigenvalue weighted by atomic mass is 35.5. The molecule has 0 aliphatic heterocycles. The maximum absolute atomic E-state index is 10.1. The number of aromatic hydroxyl groups is 1. The van der Waals surface area contributed by atoms with Crippen molar-refractivity contribution in [2.45, 2.75) is 0 Å². The SMILES string of the molecule is CN(C)c1ccc(-c2nc(-c3cc(Cl)ccc3O)nc(N)c2C#N)cc1. The van der Waals surface area contributed by atoms with Gasteiger partial charge in [0.2, 0.25) is 0 Å². The zero-order chi connectivity index (χ0) is 18.8. The summed E-state index contributed by atoms with van der Waals surface area (Å²) in [5.41, 5.74) is 8.66. The maximum atomic E-state index is 10.1. The van der Waals surface area contributed by atoms with Crippen LogP contribution >= 0.6 is 11.6 Å². The number of rotatable bonds is 3. The third-order valence-electron chi connectivity index (χ3n) is 3.91. The van der Waals surface area contributed by atoms with Gasteiger partial charge in [-0.15, -0.1) is 0 Å². The molecule has 1 heterocycles. The second kappa shape index (κ2) is 6.90. The molecular weight excluding hydrogens is 350 g/mol. The highest BCUT2D eigenvalue weighted by Crippen LogP contribution is 2.33. The van der Waals surface area contributed by atoms with E-state index in [0.29, 0.717) is 16.3 Å². The Hall–Kier alpha value is -3.30. The first-order valence-electron chi connectivity index (χ1n) is 7.75. The molecule has 26 heavy (non-hydrogen) atoms. The van der Waals surface area contributed by atoms with Crippen LogP contribution in [0.2, 0.25) is 5.02 Å². The number of aromatic nitrogens is 2. The number of benzene rings is 2. The Labute approximate surface area is 156 Å². The molecule has 0 spiro atoms. The predicted octanol–water partition coefficient (Wildman–Crippen LogP) is 3.69. The lowest BCUT2D eigenvalue weighted by Crippen LogP contribution is -2.08. The Morgan fingerprint density at radius 3 is 2.42 bits per heavy atom. The first-order chi connectivity index (χ1) is 12.4. The van der Waals surface area contributed by atoms with Crippen LogP contribution in [0, 0.1) is 11.3 Å². The third kappa shape index (κ3) is 3.25. The van der Waals surface area contributed by atoms with Crippen molar-refractivity contribution in [3.63, 3.8) is 0 Å². The van der Waals surface area contributed by atoms with E-state index in [0.717, 1.165) is 11.3 Å². The molecule has 0 fully saturated rings. The van der Waals surface area contributed by atoms with Crippen molar-refractivity contribution in [1.82, 2.24) is 9.97 Å². The summed E-state index contributed by atoms with van der Waals surface area (Å²) in [6.45, 7) is 0. The summed E-state index contributed by atoms with van der Waals surface area (Å²) in [6, 6.07) is 14.2. The number of phenols is 1. The van der Waals surface area contributed by atoms with Crippen molar-refractivity contribution in [1.29, 1.82) is 5.26 Å². The number of nitriles is 1. The fourth-order valence-electron chi connectivity index (χ4n) is 2.52. The average molecular weight is 366 g/mol. The molecule has 0 saturated carbocycles. The van der Waals surface area contributed by atoms with E-state index < -0.39 is 0 Å². The largest absolute Gasteiger partial charge is 0.507 e. The van der Waals surface area contributed by atoms with Crippen LogP contribution in [0.4, 0.5) is 11.5 Å². The number of halogens is 1. The smallest absolute Gasteiger partial charge is 0.166 e. The summed E-state index contributed by atoms with van der Waals surface area (Å²) in [4.78, 5) is 10.6. The number of hydrogen-bond donors (Lipinski definition) is 2. The van der Waals surface area contributed by atoms with E-state index in [4.69, 9.17) is 17.3 Å². The molecule has 0 unspecified atom stereocenters. The molecule has 130 valence electrons. The van der Waals surface area contributed by atoms with E-state index in [1.807, 2.05) is 43.3 Å². The summed E-state index contributed by atoms with van der Waals surface area (Å²) in [6.07, 6.45) is 0. The molecular formula is C19H16ClN5O. The Morgan fingerprint density at radius 2 is 1.81 bits per heavy atom. The molecule has 2 aromatic carbocycles. The zero-order valence-corrected chi connectivity index (χ0v) is 15.0. The van der Waals surface area contributed by atoms with E-state index in [2.05, 4.69) is 16.0 Å². The van der Waals surface area contributed by atoms with Gasteiger partial charge >= 0.3 is 0 Å². The first-order valence-corrected chi connectivity index (χ1v) is 8.12. The number of nitrogens with zero attached hydrogens (tertiary/aromatic N) is 4. The van der Waals surface area contributed by atoms with Crippen LogP contribution < -0.4 is 10.6 Å². The van der Waals surface area contributed by atoms with E-state index in [1.165, 1.54) is 6.07 Å².